The number of nitrogens with zero attached hydrogens (tertiary/aromatic N) is 2. The largest absolute Gasteiger partial charge is 0.507 e. The molecule has 2 aromatic carbocycles. The molecule has 1 amide bonds. The molecule has 0 bridgehead atoms. The van der Waals surface area contributed by atoms with Crippen LogP contribution in [0.5, 0.6) is 5.75 Å². The zero-order valence-electron chi connectivity index (χ0n) is 20.2. The van der Waals surface area contributed by atoms with Gasteiger partial charge in [-0.1, -0.05) is 25.1 Å². The minimum Gasteiger partial charge on any atom is -0.507 e. The van der Waals surface area contributed by atoms with Crippen molar-refractivity contribution in [3.05, 3.63) is 100 Å². The second kappa shape index (κ2) is 10.5. The Morgan fingerprint density at radius 3 is 2.51 bits per heavy atom. The fourth-order valence-corrected chi connectivity index (χ4v) is 4.26. The third-order valence-corrected chi connectivity index (χ3v) is 6.03. The molecule has 0 spiro atoms. The maximum absolute atomic E-state index is 13.3. The van der Waals surface area contributed by atoms with Crippen LogP contribution in [0.15, 0.2) is 72.4 Å². The number of likely N-dealkylation sites (tertiary alicyclic amines) is 1. The molecular weight excluding hydrogens is 485 g/mol. The lowest BCUT2D eigenvalue weighted by atomic mass is 9.97. The predicted octanol–water partition coefficient (Wildman–Crippen LogP) is 5.82. The summed E-state index contributed by atoms with van der Waals surface area (Å²) in [6, 6.07) is 13.3. The molecule has 1 atom stereocenters. The summed E-state index contributed by atoms with van der Waals surface area (Å²) in [5, 5.41) is 11.2. The minimum atomic E-state index is -4.56. The fourth-order valence-electron chi connectivity index (χ4n) is 4.26. The molecule has 0 aliphatic carbocycles. The number of rotatable bonds is 7. The number of Topliss-reactive ketones (excluding diaryl/α,β-unsaturated/α-hetero) is 1. The van der Waals surface area contributed by atoms with E-state index in [1.54, 1.807) is 43.3 Å². The zero-order valence-corrected chi connectivity index (χ0v) is 20.2. The van der Waals surface area contributed by atoms with Crippen LogP contribution in [0.3, 0.4) is 0 Å². The summed E-state index contributed by atoms with van der Waals surface area (Å²) in [7, 11) is 0. The molecule has 1 saturated heterocycles. The van der Waals surface area contributed by atoms with E-state index < -0.39 is 35.2 Å². The molecule has 192 valence electrons. The normalized spacial score (nSPS) is 17.3. The van der Waals surface area contributed by atoms with Gasteiger partial charge in [0.15, 0.2) is 0 Å². The van der Waals surface area contributed by atoms with Crippen molar-refractivity contribution in [1.82, 2.24) is 9.88 Å². The number of ketones is 1. The number of ether oxygens (including phenoxy) is 1. The lowest BCUT2D eigenvalue weighted by Gasteiger charge is -2.25. The van der Waals surface area contributed by atoms with Crippen LogP contribution >= 0.6 is 0 Å². The Balaban J connectivity index is 1.79. The molecule has 6 nitrogen and oxygen atoms in total. The van der Waals surface area contributed by atoms with E-state index in [2.05, 4.69) is 4.98 Å². The predicted molar refractivity (Wildman–Crippen MR) is 130 cm³/mol. The van der Waals surface area contributed by atoms with E-state index in [0.29, 0.717) is 23.6 Å². The second-order valence-electron chi connectivity index (χ2n) is 8.71. The highest BCUT2D eigenvalue weighted by Gasteiger charge is 2.47. The van der Waals surface area contributed by atoms with E-state index in [9.17, 15) is 27.9 Å². The summed E-state index contributed by atoms with van der Waals surface area (Å²) < 4.78 is 45.4. The Labute approximate surface area is 212 Å². The third-order valence-electron chi connectivity index (χ3n) is 6.03. The summed E-state index contributed by atoms with van der Waals surface area (Å²) >= 11 is 0. The molecule has 1 unspecified atom stereocenters. The monoisotopic (exact) mass is 510 g/mol. The van der Waals surface area contributed by atoms with Crippen LogP contribution in [0.25, 0.3) is 5.76 Å². The van der Waals surface area contributed by atoms with Gasteiger partial charge in [-0.05, 0) is 66.9 Å². The number of alkyl halides is 3. The van der Waals surface area contributed by atoms with Crippen LogP contribution in [-0.2, 0) is 22.3 Å². The molecule has 9 heteroatoms. The molecular formula is C28H25F3N2O4. The maximum atomic E-state index is 13.3. The summed E-state index contributed by atoms with van der Waals surface area (Å²) in [6.07, 6.45) is -2.26. The number of amides is 1. The highest BCUT2D eigenvalue weighted by atomic mass is 19.4. The van der Waals surface area contributed by atoms with Crippen molar-refractivity contribution in [2.24, 2.45) is 0 Å². The molecule has 1 aliphatic heterocycles. The number of hydrogen-bond donors (Lipinski definition) is 1. The standard InChI is InChI=1S/C28H25F3N2O4/c1-3-13-37-22-11-10-19(14-17(22)2)25(34)23-24(21-9-4-5-12-32-21)33(27(36)26(23)35)16-18-7-6-8-20(15-18)28(29,30)31/h4-12,14-15,24,34H,3,13,16H2,1-2H3/b25-23+. The van der Waals surface area contributed by atoms with Gasteiger partial charge in [-0.2, -0.15) is 13.2 Å². The van der Waals surface area contributed by atoms with E-state index >= 15 is 0 Å². The Bertz CT molecular complexity index is 1350. The van der Waals surface area contributed by atoms with Crippen LogP contribution in [0, 0.1) is 6.92 Å². The fraction of sp³-hybridized carbons (Fsp3) is 0.250. The van der Waals surface area contributed by atoms with E-state index in [4.69, 9.17) is 4.74 Å². The summed E-state index contributed by atoms with van der Waals surface area (Å²) in [5.41, 5.74) is 0.472. The van der Waals surface area contributed by atoms with E-state index in [0.717, 1.165) is 29.0 Å². The average Bonchev–Trinajstić information content (AvgIpc) is 3.12. The Morgan fingerprint density at radius 1 is 1.08 bits per heavy atom. The number of aliphatic hydroxyl groups excluding tert-OH is 1. The van der Waals surface area contributed by atoms with Crippen molar-refractivity contribution in [3.8, 4) is 5.75 Å². The number of aliphatic hydroxyl groups is 1. The number of carbonyl (C=O) groups is 2. The van der Waals surface area contributed by atoms with Gasteiger partial charge in [0.2, 0.25) is 0 Å². The van der Waals surface area contributed by atoms with Gasteiger partial charge >= 0.3 is 6.18 Å². The zero-order chi connectivity index (χ0) is 26.7. The first kappa shape index (κ1) is 25.9. The average molecular weight is 511 g/mol. The van der Waals surface area contributed by atoms with Gasteiger partial charge in [-0.15, -0.1) is 0 Å². The molecule has 37 heavy (non-hydrogen) atoms. The Morgan fingerprint density at radius 2 is 1.86 bits per heavy atom. The van der Waals surface area contributed by atoms with E-state index in [-0.39, 0.29) is 17.7 Å². The smallest absolute Gasteiger partial charge is 0.416 e. The number of benzene rings is 2. The minimum absolute atomic E-state index is 0.183. The van der Waals surface area contributed by atoms with Crippen molar-refractivity contribution < 1.29 is 32.6 Å². The number of pyridine rings is 1. The van der Waals surface area contributed by atoms with Gasteiger partial charge in [0.1, 0.15) is 17.6 Å². The highest BCUT2D eigenvalue weighted by Crippen LogP contribution is 2.40. The van der Waals surface area contributed by atoms with Gasteiger partial charge in [-0.3, -0.25) is 14.6 Å². The van der Waals surface area contributed by atoms with Crippen LogP contribution in [0.2, 0.25) is 0 Å². The van der Waals surface area contributed by atoms with Crippen LogP contribution in [0.4, 0.5) is 13.2 Å². The molecule has 4 rings (SSSR count). The van der Waals surface area contributed by atoms with Gasteiger partial charge in [0.25, 0.3) is 11.7 Å². The highest BCUT2D eigenvalue weighted by molar-refractivity contribution is 6.46. The first-order valence-corrected chi connectivity index (χ1v) is 11.7. The summed E-state index contributed by atoms with van der Waals surface area (Å²) in [6.45, 7) is 4.01. The molecule has 1 aromatic heterocycles. The van der Waals surface area contributed by atoms with Crippen molar-refractivity contribution in [1.29, 1.82) is 0 Å². The lowest BCUT2D eigenvalue weighted by Crippen LogP contribution is -2.29. The van der Waals surface area contributed by atoms with Crippen molar-refractivity contribution in [2.75, 3.05) is 6.61 Å². The van der Waals surface area contributed by atoms with Crippen LogP contribution < -0.4 is 4.74 Å². The first-order valence-electron chi connectivity index (χ1n) is 11.7. The SMILES string of the molecule is CCCOc1ccc(/C(O)=C2\C(=O)C(=O)N(Cc3cccc(C(F)(F)F)c3)C2c2ccccn2)cc1C. The van der Waals surface area contributed by atoms with Gasteiger partial charge in [-0.25, -0.2) is 0 Å². The van der Waals surface area contributed by atoms with Crippen molar-refractivity contribution >= 4 is 17.4 Å². The topological polar surface area (TPSA) is 79.7 Å². The Hall–Kier alpha value is -4.14. The number of aryl methyl sites for hydroxylation is 1. The maximum Gasteiger partial charge on any atom is 0.416 e. The van der Waals surface area contributed by atoms with Crippen molar-refractivity contribution in [3.63, 3.8) is 0 Å². The van der Waals surface area contributed by atoms with Crippen LogP contribution in [-0.4, -0.2) is 33.3 Å². The molecule has 1 aliphatic rings. The lowest BCUT2D eigenvalue weighted by molar-refractivity contribution is -0.140. The van der Waals surface area contributed by atoms with Gasteiger partial charge < -0.3 is 14.7 Å². The van der Waals surface area contributed by atoms with Crippen LogP contribution in [0.1, 0.15) is 47.3 Å². The summed E-state index contributed by atoms with van der Waals surface area (Å²) in [5.74, 6) is -1.64. The van der Waals surface area contributed by atoms with E-state index in [1.807, 2.05) is 6.92 Å². The van der Waals surface area contributed by atoms with E-state index in [1.165, 1.54) is 18.3 Å². The first-order chi connectivity index (χ1) is 17.6. The molecule has 0 saturated carbocycles. The molecule has 1 N–H and O–H groups in total. The van der Waals surface area contributed by atoms with Gasteiger partial charge in [0, 0.05) is 18.3 Å². The molecule has 0 radical (unpaired) electrons. The van der Waals surface area contributed by atoms with Gasteiger partial charge in [0.05, 0.1) is 23.4 Å². The number of carbonyl (C=O) groups excluding carboxylic acids is 2. The summed E-state index contributed by atoms with van der Waals surface area (Å²) in [4.78, 5) is 31.7. The second-order valence-corrected chi connectivity index (χ2v) is 8.71. The number of hydrogen-bond acceptors (Lipinski definition) is 5. The molecule has 1 fully saturated rings. The third kappa shape index (κ3) is 5.35. The Kier molecular flexibility index (Phi) is 7.33. The number of aromatic nitrogens is 1. The van der Waals surface area contributed by atoms with Crippen molar-refractivity contribution in [2.45, 2.75) is 39.0 Å². The molecule has 2 heterocycles. The quantitative estimate of drug-likeness (QED) is 0.246. The number of halogens is 3. The molecule has 3 aromatic rings.